The fourth-order valence-electron chi connectivity index (χ4n) is 2.26. The number of halogens is 1. The van der Waals surface area contributed by atoms with Crippen LogP contribution < -0.4 is 5.32 Å². The standard InChI is InChI=1S/C18H18FN3O/c19-16-8-6-14(7-9-16)10-12-20-13-11-17-21-22-18(23-17)15-4-2-1-3-5-15/h1-9,20H,10-13H2. The summed E-state index contributed by atoms with van der Waals surface area (Å²) >= 11 is 0. The van der Waals surface area contributed by atoms with Crippen molar-refractivity contribution in [3.05, 3.63) is 71.9 Å². The summed E-state index contributed by atoms with van der Waals surface area (Å²) in [6.07, 6.45) is 1.54. The maximum absolute atomic E-state index is 12.8. The topological polar surface area (TPSA) is 51.0 Å². The minimum atomic E-state index is -0.202. The first-order valence-corrected chi connectivity index (χ1v) is 7.64. The van der Waals surface area contributed by atoms with Crippen LogP contribution in [-0.4, -0.2) is 23.3 Å². The first kappa shape index (κ1) is 15.4. The fraction of sp³-hybridized carbons (Fsp3) is 0.222. The van der Waals surface area contributed by atoms with Crippen molar-refractivity contribution in [2.75, 3.05) is 13.1 Å². The summed E-state index contributed by atoms with van der Waals surface area (Å²) in [5.74, 6) is 0.970. The van der Waals surface area contributed by atoms with Crippen molar-refractivity contribution in [1.29, 1.82) is 0 Å². The zero-order valence-electron chi connectivity index (χ0n) is 12.7. The number of nitrogens with one attached hydrogen (secondary N) is 1. The van der Waals surface area contributed by atoms with Crippen molar-refractivity contribution in [3.8, 4) is 11.5 Å². The Kier molecular flexibility index (Phi) is 5.11. The van der Waals surface area contributed by atoms with Crippen molar-refractivity contribution in [3.63, 3.8) is 0 Å². The van der Waals surface area contributed by atoms with Crippen LogP contribution in [0.1, 0.15) is 11.5 Å². The molecule has 0 amide bonds. The molecular weight excluding hydrogens is 293 g/mol. The third-order valence-corrected chi connectivity index (χ3v) is 3.51. The van der Waals surface area contributed by atoms with Gasteiger partial charge in [0.1, 0.15) is 5.82 Å². The first-order valence-electron chi connectivity index (χ1n) is 7.64. The maximum atomic E-state index is 12.8. The molecule has 3 rings (SSSR count). The lowest BCUT2D eigenvalue weighted by Crippen LogP contribution is -2.20. The Hall–Kier alpha value is -2.53. The van der Waals surface area contributed by atoms with Gasteiger partial charge in [0.2, 0.25) is 11.8 Å². The molecular formula is C18H18FN3O. The van der Waals surface area contributed by atoms with E-state index in [0.29, 0.717) is 18.2 Å². The van der Waals surface area contributed by atoms with Crippen molar-refractivity contribution in [2.45, 2.75) is 12.8 Å². The summed E-state index contributed by atoms with van der Waals surface area (Å²) in [4.78, 5) is 0. The van der Waals surface area contributed by atoms with Crippen LogP contribution in [0.5, 0.6) is 0 Å². The van der Waals surface area contributed by atoms with Gasteiger partial charge in [-0.3, -0.25) is 0 Å². The molecule has 0 unspecified atom stereocenters. The third-order valence-electron chi connectivity index (χ3n) is 3.51. The molecule has 1 N–H and O–H groups in total. The van der Waals surface area contributed by atoms with Crippen LogP contribution in [-0.2, 0) is 12.8 Å². The third kappa shape index (κ3) is 4.47. The largest absolute Gasteiger partial charge is 0.421 e. The normalized spacial score (nSPS) is 10.8. The van der Waals surface area contributed by atoms with Gasteiger partial charge < -0.3 is 9.73 Å². The van der Waals surface area contributed by atoms with Gasteiger partial charge in [-0.1, -0.05) is 30.3 Å². The van der Waals surface area contributed by atoms with Crippen molar-refractivity contribution >= 4 is 0 Å². The van der Waals surface area contributed by atoms with Crippen LogP contribution in [0, 0.1) is 5.82 Å². The van der Waals surface area contributed by atoms with Crippen molar-refractivity contribution < 1.29 is 8.81 Å². The summed E-state index contributed by atoms with van der Waals surface area (Å²) in [6, 6.07) is 16.3. The van der Waals surface area contributed by atoms with Crippen LogP contribution in [0.3, 0.4) is 0 Å². The highest BCUT2D eigenvalue weighted by Crippen LogP contribution is 2.16. The molecule has 0 radical (unpaired) electrons. The lowest BCUT2D eigenvalue weighted by molar-refractivity contribution is 0.495. The number of aromatic nitrogens is 2. The van der Waals surface area contributed by atoms with Gasteiger partial charge in [0, 0.05) is 18.5 Å². The minimum Gasteiger partial charge on any atom is -0.421 e. The van der Waals surface area contributed by atoms with E-state index in [1.807, 2.05) is 30.3 Å². The van der Waals surface area contributed by atoms with E-state index in [-0.39, 0.29) is 5.82 Å². The summed E-state index contributed by atoms with van der Waals surface area (Å²) in [6.45, 7) is 1.59. The van der Waals surface area contributed by atoms with E-state index >= 15 is 0 Å². The van der Waals surface area contributed by atoms with E-state index in [9.17, 15) is 4.39 Å². The van der Waals surface area contributed by atoms with E-state index in [4.69, 9.17) is 4.42 Å². The molecule has 0 fully saturated rings. The van der Waals surface area contributed by atoms with Gasteiger partial charge in [-0.05, 0) is 42.8 Å². The molecule has 0 saturated carbocycles. The lowest BCUT2D eigenvalue weighted by atomic mass is 10.1. The Balaban J connectivity index is 1.41. The number of nitrogens with zero attached hydrogens (tertiary/aromatic N) is 2. The van der Waals surface area contributed by atoms with Crippen molar-refractivity contribution in [2.24, 2.45) is 0 Å². The highest BCUT2D eigenvalue weighted by molar-refractivity contribution is 5.51. The van der Waals surface area contributed by atoms with E-state index in [2.05, 4.69) is 15.5 Å². The van der Waals surface area contributed by atoms with Crippen LogP contribution in [0.25, 0.3) is 11.5 Å². The molecule has 23 heavy (non-hydrogen) atoms. The van der Waals surface area contributed by atoms with Gasteiger partial charge in [0.25, 0.3) is 0 Å². The minimum absolute atomic E-state index is 0.202. The second-order valence-corrected chi connectivity index (χ2v) is 5.24. The van der Waals surface area contributed by atoms with Gasteiger partial charge in [0.15, 0.2) is 0 Å². The number of hydrogen-bond acceptors (Lipinski definition) is 4. The molecule has 0 aliphatic heterocycles. The number of rotatable bonds is 7. The molecule has 118 valence electrons. The van der Waals surface area contributed by atoms with Crippen LogP contribution in [0.4, 0.5) is 4.39 Å². The smallest absolute Gasteiger partial charge is 0.247 e. The zero-order valence-corrected chi connectivity index (χ0v) is 12.7. The van der Waals surface area contributed by atoms with E-state index in [0.717, 1.165) is 30.6 Å². The summed E-state index contributed by atoms with van der Waals surface area (Å²) in [5, 5.41) is 11.4. The Morgan fingerprint density at radius 1 is 0.870 bits per heavy atom. The molecule has 0 spiro atoms. The molecule has 0 atom stereocenters. The van der Waals surface area contributed by atoms with E-state index in [1.54, 1.807) is 12.1 Å². The maximum Gasteiger partial charge on any atom is 0.247 e. The molecule has 1 heterocycles. The highest BCUT2D eigenvalue weighted by Gasteiger charge is 2.07. The molecule has 0 bridgehead atoms. The molecule has 0 saturated heterocycles. The average molecular weight is 311 g/mol. The molecule has 5 heteroatoms. The van der Waals surface area contributed by atoms with E-state index in [1.165, 1.54) is 12.1 Å². The molecule has 0 aliphatic carbocycles. The zero-order chi connectivity index (χ0) is 15.9. The Labute approximate surface area is 134 Å². The Bertz CT molecular complexity index is 726. The van der Waals surface area contributed by atoms with Crippen LogP contribution in [0.2, 0.25) is 0 Å². The Morgan fingerprint density at radius 2 is 1.61 bits per heavy atom. The van der Waals surface area contributed by atoms with Gasteiger partial charge >= 0.3 is 0 Å². The quantitative estimate of drug-likeness (QED) is 0.681. The summed E-state index contributed by atoms with van der Waals surface area (Å²) in [5.41, 5.74) is 2.04. The SMILES string of the molecule is Fc1ccc(CCNCCc2nnc(-c3ccccc3)o2)cc1. The second-order valence-electron chi connectivity index (χ2n) is 5.24. The summed E-state index contributed by atoms with van der Waals surface area (Å²) < 4.78 is 18.4. The first-order chi connectivity index (χ1) is 11.3. The second kappa shape index (κ2) is 7.65. The van der Waals surface area contributed by atoms with Gasteiger partial charge in [-0.25, -0.2) is 4.39 Å². The molecule has 0 aliphatic rings. The predicted octanol–water partition coefficient (Wildman–Crippen LogP) is 3.25. The van der Waals surface area contributed by atoms with Crippen molar-refractivity contribution in [1.82, 2.24) is 15.5 Å². The van der Waals surface area contributed by atoms with Crippen LogP contribution in [0.15, 0.2) is 59.0 Å². The van der Waals surface area contributed by atoms with Gasteiger partial charge in [-0.15, -0.1) is 10.2 Å². The molecule has 3 aromatic rings. The molecule has 4 nitrogen and oxygen atoms in total. The van der Waals surface area contributed by atoms with Crippen LogP contribution >= 0.6 is 0 Å². The molecule has 2 aromatic carbocycles. The monoisotopic (exact) mass is 311 g/mol. The van der Waals surface area contributed by atoms with Gasteiger partial charge in [0.05, 0.1) is 0 Å². The Morgan fingerprint density at radius 3 is 2.39 bits per heavy atom. The average Bonchev–Trinajstić information content (AvgIpc) is 3.06. The van der Waals surface area contributed by atoms with E-state index < -0.39 is 0 Å². The highest BCUT2D eigenvalue weighted by atomic mass is 19.1. The molecule has 1 aromatic heterocycles. The number of benzene rings is 2. The number of hydrogen-bond donors (Lipinski definition) is 1. The fourth-order valence-corrected chi connectivity index (χ4v) is 2.26. The lowest BCUT2D eigenvalue weighted by Gasteiger charge is -2.03. The predicted molar refractivity (Wildman–Crippen MR) is 86.4 cm³/mol. The van der Waals surface area contributed by atoms with Gasteiger partial charge in [-0.2, -0.15) is 0 Å². The summed E-state index contributed by atoms with van der Waals surface area (Å²) in [7, 11) is 0.